The maximum absolute atomic E-state index is 13.3. The maximum Gasteiger partial charge on any atom is 0.154 e. The molecule has 1 rings (SSSR count). The summed E-state index contributed by atoms with van der Waals surface area (Å²) in [5.74, 6) is -0.397. The summed E-state index contributed by atoms with van der Waals surface area (Å²) in [6.07, 6.45) is 0. The molecule has 0 aliphatic heterocycles. The average molecular weight is 324 g/mol. The van der Waals surface area contributed by atoms with Crippen molar-refractivity contribution in [2.24, 2.45) is 0 Å². The second-order valence-corrected chi connectivity index (χ2v) is 7.56. The van der Waals surface area contributed by atoms with Crippen LogP contribution in [-0.2, 0) is 9.84 Å². The predicted molar refractivity (Wildman–Crippen MR) is 71.5 cm³/mol. The molecule has 0 saturated carbocycles. The summed E-state index contributed by atoms with van der Waals surface area (Å²) in [5.41, 5.74) is 0.304. The first-order valence-corrected chi connectivity index (χ1v) is 7.74. The van der Waals surface area contributed by atoms with Crippen LogP contribution in [0.4, 0.5) is 10.1 Å². The van der Waals surface area contributed by atoms with E-state index in [4.69, 9.17) is 0 Å². The number of anilines is 1. The molecule has 3 nitrogen and oxygen atoms in total. The molecule has 0 unspecified atom stereocenters. The lowest BCUT2D eigenvalue weighted by molar-refractivity contribution is 0.587. The van der Waals surface area contributed by atoms with Gasteiger partial charge in [-0.25, -0.2) is 12.8 Å². The normalized spacial score (nSPS) is 11.8. The Hall–Kier alpha value is -0.620. The van der Waals surface area contributed by atoms with Gasteiger partial charge >= 0.3 is 0 Å². The van der Waals surface area contributed by atoms with Crippen molar-refractivity contribution in [2.75, 3.05) is 17.6 Å². The molecule has 1 N–H and O–H groups in total. The number of sulfone groups is 1. The minimum absolute atomic E-state index is 0.00335. The molecule has 96 valence electrons. The zero-order valence-corrected chi connectivity index (χ0v) is 12.1. The molecule has 1 aromatic carbocycles. The highest BCUT2D eigenvalue weighted by Gasteiger charge is 2.15. The van der Waals surface area contributed by atoms with E-state index in [9.17, 15) is 12.8 Å². The van der Waals surface area contributed by atoms with Crippen LogP contribution in [0.5, 0.6) is 0 Å². The van der Waals surface area contributed by atoms with Gasteiger partial charge in [0.15, 0.2) is 9.84 Å². The van der Waals surface area contributed by atoms with E-state index in [-0.39, 0.29) is 12.3 Å². The Morgan fingerprint density at radius 2 is 2.06 bits per heavy atom. The highest BCUT2D eigenvalue weighted by atomic mass is 79.9. The smallest absolute Gasteiger partial charge is 0.154 e. The molecule has 0 bridgehead atoms. The lowest BCUT2D eigenvalue weighted by Crippen LogP contribution is -2.23. The van der Waals surface area contributed by atoms with Crippen molar-refractivity contribution >= 4 is 31.5 Å². The van der Waals surface area contributed by atoms with E-state index in [0.29, 0.717) is 5.69 Å². The van der Waals surface area contributed by atoms with Crippen LogP contribution in [0.15, 0.2) is 22.7 Å². The first-order valence-electron chi connectivity index (χ1n) is 5.23. The second-order valence-electron chi connectivity index (χ2n) is 3.97. The van der Waals surface area contributed by atoms with E-state index < -0.39 is 20.9 Å². The van der Waals surface area contributed by atoms with Gasteiger partial charge in [0.05, 0.1) is 16.7 Å². The molecule has 0 fully saturated rings. The molecular formula is C11H15BrFNO2S. The maximum atomic E-state index is 13.3. The van der Waals surface area contributed by atoms with Gasteiger partial charge in [0.1, 0.15) is 5.82 Å². The number of benzene rings is 1. The van der Waals surface area contributed by atoms with Crippen LogP contribution in [0, 0.1) is 5.82 Å². The van der Waals surface area contributed by atoms with Crippen LogP contribution in [-0.4, -0.2) is 26.0 Å². The van der Waals surface area contributed by atoms with Crippen molar-refractivity contribution in [1.82, 2.24) is 0 Å². The zero-order chi connectivity index (χ0) is 13.1. The first kappa shape index (κ1) is 14.4. The number of hydrogen-bond acceptors (Lipinski definition) is 3. The van der Waals surface area contributed by atoms with Crippen molar-refractivity contribution in [3.05, 3.63) is 28.5 Å². The first-order chi connectivity index (χ1) is 7.83. The molecule has 0 aromatic heterocycles. The molecule has 1 aromatic rings. The van der Waals surface area contributed by atoms with Crippen LogP contribution in [0.2, 0.25) is 0 Å². The lowest BCUT2D eigenvalue weighted by atomic mass is 10.3. The summed E-state index contributed by atoms with van der Waals surface area (Å²) < 4.78 is 37.1. The summed E-state index contributed by atoms with van der Waals surface area (Å²) in [6, 6.07) is 4.49. The van der Waals surface area contributed by atoms with E-state index in [1.54, 1.807) is 26.0 Å². The second kappa shape index (κ2) is 5.82. The van der Waals surface area contributed by atoms with Gasteiger partial charge in [0, 0.05) is 11.0 Å². The Labute approximate surface area is 109 Å². The van der Waals surface area contributed by atoms with Crippen LogP contribution < -0.4 is 5.32 Å². The third kappa shape index (κ3) is 4.27. The Balaban J connectivity index is 2.60. The Morgan fingerprint density at radius 3 is 2.65 bits per heavy atom. The van der Waals surface area contributed by atoms with Gasteiger partial charge < -0.3 is 5.32 Å². The molecule has 0 atom stereocenters. The third-order valence-corrected chi connectivity index (χ3v) is 5.05. The van der Waals surface area contributed by atoms with Crippen LogP contribution >= 0.6 is 15.9 Å². The van der Waals surface area contributed by atoms with Gasteiger partial charge in [-0.05, 0) is 32.0 Å². The fourth-order valence-corrected chi connectivity index (χ4v) is 2.42. The van der Waals surface area contributed by atoms with E-state index in [2.05, 4.69) is 21.2 Å². The Kier molecular flexibility index (Phi) is 4.94. The Bertz CT molecular complexity index is 488. The van der Waals surface area contributed by atoms with Gasteiger partial charge in [-0.15, -0.1) is 0 Å². The predicted octanol–water partition coefficient (Wildman–Crippen LogP) is 2.82. The largest absolute Gasteiger partial charge is 0.382 e. The van der Waals surface area contributed by atoms with E-state index in [1.807, 2.05) is 0 Å². The van der Waals surface area contributed by atoms with Gasteiger partial charge in [-0.2, -0.15) is 0 Å². The lowest BCUT2D eigenvalue weighted by Gasteiger charge is -2.10. The monoisotopic (exact) mass is 323 g/mol. The summed E-state index contributed by atoms with van der Waals surface area (Å²) in [5, 5.41) is 2.37. The van der Waals surface area contributed by atoms with E-state index in [0.717, 1.165) is 4.47 Å². The third-order valence-electron chi connectivity index (χ3n) is 2.35. The fraction of sp³-hybridized carbons (Fsp3) is 0.455. The van der Waals surface area contributed by atoms with E-state index in [1.165, 1.54) is 6.07 Å². The van der Waals surface area contributed by atoms with Crippen molar-refractivity contribution in [3.63, 3.8) is 0 Å². The fourth-order valence-electron chi connectivity index (χ4n) is 1.20. The molecule has 0 heterocycles. The highest BCUT2D eigenvalue weighted by Crippen LogP contribution is 2.19. The molecule has 0 aliphatic rings. The molecule has 6 heteroatoms. The van der Waals surface area contributed by atoms with Crippen molar-refractivity contribution in [3.8, 4) is 0 Å². The van der Waals surface area contributed by atoms with Crippen LogP contribution in [0.3, 0.4) is 0 Å². The summed E-state index contributed by atoms with van der Waals surface area (Å²) in [7, 11) is -3.09. The minimum Gasteiger partial charge on any atom is -0.382 e. The van der Waals surface area contributed by atoms with Crippen LogP contribution in [0.25, 0.3) is 0 Å². The number of hydrogen-bond donors (Lipinski definition) is 1. The summed E-state index contributed by atoms with van der Waals surface area (Å²) >= 11 is 3.23. The SMILES string of the molecule is CC(C)S(=O)(=O)CCNc1cc(Br)ccc1F. The number of halogens is 2. The number of rotatable bonds is 5. The average Bonchev–Trinajstić information content (AvgIpc) is 2.22. The molecular weight excluding hydrogens is 309 g/mol. The van der Waals surface area contributed by atoms with Crippen LogP contribution in [0.1, 0.15) is 13.8 Å². The molecule has 0 amide bonds. The van der Waals surface area contributed by atoms with Gasteiger partial charge in [-0.3, -0.25) is 0 Å². The van der Waals surface area contributed by atoms with Gasteiger partial charge in [0.2, 0.25) is 0 Å². The molecule has 0 saturated heterocycles. The molecule has 0 aliphatic carbocycles. The van der Waals surface area contributed by atoms with Crippen molar-refractivity contribution in [1.29, 1.82) is 0 Å². The van der Waals surface area contributed by atoms with Crippen molar-refractivity contribution in [2.45, 2.75) is 19.1 Å². The summed E-state index contributed by atoms with van der Waals surface area (Å²) in [4.78, 5) is 0. The number of nitrogens with one attached hydrogen (secondary N) is 1. The van der Waals surface area contributed by atoms with Gasteiger partial charge in [0.25, 0.3) is 0 Å². The molecule has 0 spiro atoms. The topological polar surface area (TPSA) is 46.2 Å². The highest BCUT2D eigenvalue weighted by molar-refractivity contribution is 9.10. The minimum atomic E-state index is -3.09. The van der Waals surface area contributed by atoms with Crippen molar-refractivity contribution < 1.29 is 12.8 Å². The standard InChI is InChI=1S/C11H15BrFNO2S/c1-8(2)17(15,16)6-5-14-11-7-9(12)3-4-10(11)13/h3-4,7-8,14H,5-6H2,1-2H3. The quantitative estimate of drug-likeness (QED) is 0.906. The molecule has 0 radical (unpaired) electrons. The van der Waals surface area contributed by atoms with Gasteiger partial charge in [-0.1, -0.05) is 15.9 Å². The Morgan fingerprint density at radius 1 is 1.41 bits per heavy atom. The zero-order valence-electron chi connectivity index (χ0n) is 9.70. The van der Waals surface area contributed by atoms with E-state index >= 15 is 0 Å². The molecule has 17 heavy (non-hydrogen) atoms. The summed E-state index contributed by atoms with van der Waals surface area (Å²) in [6.45, 7) is 3.47.